The van der Waals surface area contributed by atoms with Gasteiger partial charge in [0.15, 0.2) is 14.1 Å². The molecule has 3 aromatic rings. The van der Waals surface area contributed by atoms with Crippen LogP contribution in [0.4, 0.5) is 0 Å². The molecule has 2 N–H and O–H groups in total. The largest absolute Gasteiger partial charge is 0.414 e. The summed E-state index contributed by atoms with van der Waals surface area (Å²) in [5.41, 5.74) is 1.55. The number of nitrogens with zero attached hydrogens (tertiary/aromatic N) is 1. The molecule has 3 rings (SSSR count). The van der Waals surface area contributed by atoms with Gasteiger partial charge in [0.1, 0.15) is 16.9 Å². The summed E-state index contributed by atoms with van der Waals surface area (Å²) in [4.78, 5) is 33.2. The molecule has 0 aliphatic rings. The van der Waals surface area contributed by atoms with Gasteiger partial charge in [0.2, 0.25) is 0 Å². The molecule has 0 radical (unpaired) electrons. The van der Waals surface area contributed by atoms with Crippen LogP contribution in [-0.4, -0.2) is 42.6 Å². The molecule has 0 saturated carbocycles. The van der Waals surface area contributed by atoms with Gasteiger partial charge in [-0.2, -0.15) is 0 Å². The quantitative estimate of drug-likeness (QED) is 0.289. The molecule has 2 heterocycles. The third-order valence-electron chi connectivity index (χ3n) is 5.81. The lowest BCUT2D eigenvalue weighted by Gasteiger charge is -2.37. The van der Waals surface area contributed by atoms with Gasteiger partial charge in [-0.15, -0.1) is 0 Å². The van der Waals surface area contributed by atoms with Gasteiger partial charge in [-0.1, -0.05) is 62.7 Å². The summed E-state index contributed by atoms with van der Waals surface area (Å²) >= 11 is 5.94. The van der Waals surface area contributed by atoms with Gasteiger partial charge in [0.05, 0.1) is 18.3 Å². The molecule has 0 fully saturated rings. The maximum Gasteiger partial charge on any atom is 0.268 e. The molecule has 0 unspecified atom stereocenters. The highest BCUT2D eigenvalue weighted by atomic mass is 35.5. The van der Waals surface area contributed by atoms with Crippen molar-refractivity contribution >= 4 is 42.5 Å². The number of carbonyl (C=O) groups excluding carboxylic acids is 2. The Kier molecular flexibility index (Phi) is 6.69. The fraction of sp³-hybridized carbons (Fsp3) is 0.348. The number of pyridine rings is 1. The highest BCUT2D eigenvalue weighted by Crippen LogP contribution is 2.36. The van der Waals surface area contributed by atoms with Gasteiger partial charge in [-0.05, 0) is 30.3 Å². The molecule has 2 aromatic heterocycles. The predicted molar refractivity (Wildman–Crippen MR) is 126 cm³/mol. The zero-order chi connectivity index (χ0) is 22.8. The van der Waals surface area contributed by atoms with E-state index in [4.69, 9.17) is 16.0 Å². The van der Waals surface area contributed by atoms with Crippen molar-refractivity contribution in [3.05, 3.63) is 65.1 Å². The van der Waals surface area contributed by atoms with E-state index in [0.717, 1.165) is 5.39 Å². The Labute approximate surface area is 188 Å². The van der Waals surface area contributed by atoms with E-state index >= 15 is 0 Å². The average Bonchev–Trinajstić information content (AvgIpc) is 3.13. The number of halogens is 1. The average molecular weight is 458 g/mol. The first-order valence-electron chi connectivity index (χ1n) is 10.2. The van der Waals surface area contributed by atoms with Crippen molar-refractivity contribution in [1.82, 2.24) is 15.3 Å². The van der Waals surface area contributed by atoms with Crippen LogP contribution in [-0.2, 0) is 4.43 Å². The van der Waals surface area contributed by atoms with Crippen molar-refractivity contribution in [2.45, 2.75) is 44.9 Å². The molecular weight excluding hydrogens is 430 g/mol. The van der Waals surface area contributed by atoms with Crippen LogP contribution in [0.3, 0.4) is 0 Å². The smallest absolute Gasteiger partial charge is 0.268 e. The minimum absolute atomic E-state index is 0.0131. The van der Waals surface area contributed by atoms with Crippen LogP contribution in [0.1, 0.15) is 41.6 Å². The summed E-state index contributed by atoms with van der Waals surface area (Å²) in [6.45, 7) is 10.8. The highest BCUT2D eigenvalue weighted by molar-refractivity contribution is 6.74. The van der Waals surface area contributed by atoms with Crippen LogP contribution in [0.2, 0.25) is 23.3 Å². The topological polar surface area (TPSA) is 84.1 Å². The van der Waals surface area contributed by atoms with Crippen molar-refractivity contribution in [2.24, 2.45) is 0 Å². The van der Waals surface area contributed by atoms with Gasteiger partial charge < -0.3 is 14.7 Å². The number of rotatable bonds is 7. The first-order chi connectivity index (χ1) is 14.5. The van der Waals surface area contributed by atoms with Crippen molar-refractivity contribution in [3.63, 3.8) is 0 Å². The number of H-pyrrole nitrogens is 1. The molecule has 0 aliphatic heterocycles. The fourth-order valence-electron chi connectivity index (χ4n) is 2.86. The van der Waals surface area contributed by atoms with E-state index in [0.29, 0.717) is 21.9 Å². The molecule has 0 spiro atoms. The second kappa shape index (κ2) is 8.94. The molecule has 0 saturated heterocycles. The van der Waals surface area contributed by atoms with Crippen LogP contribution in [0.15, 0.2) is 48.7 Å². The maximum atomic E-state index is 13.2. The van der Waals surface area contributed by atoms with Crippen LogP contribution in [0, 0.1) is 0 Å². The van der Waals surface area contributed by atoms with Gasteiger partial charge in [0, 0.05) is 10.9 Å². The number of aromatic amines is 1. The third-order valence-corrected chi connectivity index (χ3v) is 10.5. The minimum Gasteiger partial charge on any atom is -0.414 e. The van der Waals surface area contributed by atoms with Gasteiger partial charge in [-0.25, -0.2) is 4.98 Å². The van der Waals surface area contributed by atoms with Crippen molar-refractivity contribution in [3.8, 4) is 0 Å². The van der Waals surface area contributed by atoms with E-state index in [-0.39, 0.29) is 23.3 Å². The lowest BCUT2D eigenvalue weighted by Crippen LogP contribution is -2.49. The molecule has 164 valence electrons. The zero-order valence-corrected chi connectivity index (χ0v) is 20.2. The molecule has 0 bridgehead atoms. The van der Waals surface area contributed by atoms with Crippen LogP contribution in [0.25, 0.3) is 10.9 Å². The molecule has 1 amide bonds. The SMILES string of the molecule is CC(C)(C)[Si](C)(C)OC[C@H](NC(=O)c1cc2cc(Cl)ncc2[nH]1)C(=O)c1ccccc1. The van der Waals surface area contributed by atoms with E-state index in [1.807, 2.05) is 6.07 Å². The summed E-state index contributed by atoms with van der Waals surface area (Å²) in [6.07, 6.45) is 1.57. The molecule has 0 aliphatic carbocycles. The van der Waals surface area contributed by atoms with E-state index in [1.165, 1.54) is 0 Å². The summed E-state index contributed by atoms with van der Waals surface area (Å²) < 4.78 is 6.28. The van der Waals surface area contributed by atoms with E-state index in [1.54, 1.807) is 42.6 Å². The molecular formula is C23H28ClN3O3Si. The predicted octanol–water partition coefficient (Wildman–Crippen LogP) is 5.22. The van der Waals surface area contributed by atoms with Crippen LogP contribution < -0.4 is 5.32 Å². The molecule has 31 heavy (non-hydrogen) atoms. The number of Topliss-reactive ketones (excluding diaryl/α,β-unsaturated/α-hetero) is 1. The standard InChI is InChI=1S/C23H28ClN3O3Si/c1-23(2,3)31(4,5)30-14-19(21(28)15-9-7-6-8-10-15)27-22(29)17-11-16-12-20(24)25-13-18(16)26-17/h6-13,19,26H,14H2,1-5H3,(H,27,29)/t19-/m0/s1. The van der Waals surface area contributed by atoms with Crippen molar-refractivity contribution in [1.29, 1.82) is 0 Å². The normalized spacial score (nSPS) is 13.2. The number of fused-ring (bicyclic) bond motifs is 1. The summed E-state index contributed by atoms with van der Waals surface area (Å²) in [5, 5.41) is 3.96. The molecule has 1 atom stereocenters. The number of nitrogens with one attached hydrogen (secondary N) is 2. The Morgan fingerprint density at radius 3 is 2.52 bits per heavy atom. The van der Waals surface area contributed by atoms with Crippen molar-refractivity contribution < 1.29 is 14.0 Å². The first kappa shape index (κ1) is 23.2. The lowest BCUT2D eigenvalue weighted by molar-refractivity contribution is 0.0815. The number of ketones is 1. The fourth-order valence-corrected chi connectivity index (χ4v) is 4.04. The van der Waals surface area contributed by atoms with Gasteiger partial charge in [-0.3, -0.25) is 9.59 Å². The van der Waals surface area contributed by atoms with Gasteiger partial charge >= 0.3 is 0 Å². The number of carbonyl (C=O) groups is 2. The molecule has 6 nitrogen and oxygen atoms in total. The van der Waals surface area contributed by atoms with E-state index < -0.39 is 14.4 Å². The monoisotopic (exact) mass is 457 g/mol. The summed E-state index contributed by atoms with van der Waals surface area (Å²) in [6, 6.07) is 11.5. The Hall–Kier alpha value is -2.48. The summed E-state index contributed by atoms with van der Waals surface area (Å²) in [5.74, 6) is -0.575. The maximum absolute atomic E-state index is 13.2. The Balaban J connectivity index is 1.84. The van der Waals surface area contributed by atoms with E-state index in [2.05, 4.69) is 49.1 Å². The van der Waals surface area contributed by atoms with Crippen LogP contribution >= 0.6 is 11.6 Å². The minimum atomic E-state index is -2.11. The highest BCUT2D eigenvalue weighted by Gasteiger charge is 2.38. The summed E-state index contributed by atoms with van der Waals surface area (Å²) in [7, 11) is -2.11. The Morgan fingerprint density at radius 2 is 1.87 bits per heavy atom. The molecule has 1 aromatic carbocycles. The number of hydrogen-bond donors (Lipinski definition) is 2. The lowest BCUT2D eigenvalue weighted by atomic mass is 10.0. The number of benzene rings is 1. The zero-order valence-electron chi connectivity index (χ0n) is 18.5. The Morgan fingerprint density at radius 1 is 1.19 bits per heavy atom. The van der Waals surface area contributed by atoms with E-state index in [9.17, 15) is 9.59 Å². The van der Waals surface area contributed by atoms with Gasteiger partial charge in [0.25, 0.3) is 5.91 Å². The molecule has 8 heteroatoms. The first-order valence-corrected chi connectivity index (χ1v) is 13.4. The second-order valence-electron chi connectivity index (χ2n) is 9.10. The Bertz CT molecular complexity index is 1090. The van der Waals surface area contributed by atoms with Crippen LogP contribution in [0.5, 0.6) is 0 Å². The number of hydrogen-bond acceptors (Lipinski definition) is 4. The number of aromatic nitrogens is 2. The second-order valence-corrected chi connectivity index (χ2v) is 14.3. The van der Waals surface area contributed by atoms with Crippen molar-refractivity contribution in [2.75, 3.05) is 6.61 Å². The number of amides is 1. The third kappa shape index (κ3) is 5.42.